The van der Waals surface area contributed by atoms with Gasteiger partial charge in [-0.3, -0.25) is 19.9 Å². The average molecular weight is 395 g/mol. The Morgan fingerprint density at radius 3 is 2.59 bits per heavy atom. The van der Waals surface area contributed by atoms with Crippen molar-refractivity contribution in [2.24, 2.45) is 0 Å². The highest BCUT2D eigenvalue weighted by Crippen LogP contribution is 2.21. The first-order valence-electron chi connectivity index (χ1n) is 8.68. The number of fused-ring (bicyclic) bond motifs is 1. The molecule has 10 heteroatoms. The summed E-state index contributed by atoms with van der Waals surface area (Å²) in [6.45, 7) is 1.67. The summed E-state index contributed by atoms with van der Waals surface area (Å²) in [4.78, 5) is 33.5. The van der Waals surface area contributed by atoms with Crippen LogP contribution in [-0.4, -0.2) is 41.9 Å². The number of nitrogens with one attached hydrogen (secondary N) is 1. The van der Waals surface area contributed by atoms with Gasteiger partial charge in [0.15, 0.2) is 11.6 Å². The number of aromatic nitrogens is 6. The van der Waals surface area contributed by atoms with Gasteiger partial charge in [-0.05, 0) is 25.1 Å². The second-order valence-corrected chi connectivity index (χ2v) is 6.20. The van der Waals surface area contributed by atoms with Crippen LogP contribution in [0.3, 0.4) is 0 Å². The quantitative estimate of drug-likeness (QED) is 0.558. The summed E-state index contributed by atoms with van der Waals surface area (Å²) >= 11 is 0. The zero-order chi connectivity index (χ0) is 20.4. The number of alkyl halides is 2. The van der Waals surface area contributed by atoms with Crippen molar-refractivity contribution in [3.8, 4) is 11.6 Å². The number of aryl methyl sites for hydroxylation is 1. The van der Waals surface area contributed by atoms with E-state index in [1.165, 1.54) is 23.3 Å². The van der Waals surface area contributed by atoms with Gasteiger partial charge in [-0.15, -0.1) is 0 Å². The van der Waals surface area contributed by atoms with Crippen LogP contribution < -0.4 is 5.43 Å². The van der Waals surface area contributed by atoms with Crippen molar-refractivity contribution in [2.75, 3.05) is 5.43 Å². The largest absolute Gasteiger partial charge is 0.273 e. The molecule has 0 atom stereocenters. The minimum atomic E-state index is -2.52. The van der Waals surface area contributed by atoms with Gasteiger partial charge < -0.3 is 0 Å². The Hall–Kier alpha value is -3.82. The normalized spacial score (nSPS) is 11.2. The molecule has 0 aliphatic heterocycles. The molecule has 0 spiro atoms. The number of hydrogen-bond donors (Lipinski definition) is 1. The third-order valence-electron chi connectivity index (χ3n) is 4.22. The number of hydrogen-bond acceptors (Lipinski definition) is 6. The summed E-state index contributed by atoms with van der Waals surface area (Å²) in [6.07, 6.45) is 4.52. The van der Waals surface area contributed by atoms with Gasteiger partial charge in [0, 0.05) is 43.0 Å². The topological polar surface area (TPSA) is 98.5 Å². The maximum Gasteiger partial charge on any atom is 0.273 e. The van der Waals surface area contributed by atoms with E-state index in [2.05, 4.69) is 30.3 Å². The lowest BCUT2D eigenvalue weighted by molar-refractivity contribution is 0.101. The molecule has 4 aromatic rings. The SMILES string of the molecule is Cc1nc(-c2ncccn2)ncc1C(=O)Nn1cc(CC(F)F)c2ncccc21. The highest BCUT2D eigenvalue weighted by atomic mass is 19.3. The standard InChI is InChI=1S/C19H15F2N7O/c1-11-13(9-25-18(26-11)17-23-6-3-7-24-17)19(29)27-28-10-12(8-15(20)21)16-14(28)4-2-5-22-16/h2-7,9-10,15H,8H2,1H3,(H,27,29). The van der Waals surface area contributed by atoms with Crippen LogP contribution in [0.1, 0.15) is 21.6 Å². The van der Waals surface area contributed by atoms with E-state index in [9.17, 15) is 13.6 Å². The molecule has 0 aromatic carbocycles. The van der Waals surface area contributed by atoms with Crippen molar-refractivity contribution < 1.29 is 13.6 Å². The lowest BCUT2D eigenvalue weighted by Gasteiger charge is -2.09. The van der Waals surface area contributed by atoms with Crippen molar-refractivity contribution >= 4 is 16.9 Å². The van der Waals surface area contributed by atoms with E-state index in [0.717, 1.165) is 0 Å². The minimum absolute atomic E-state index is 0.242. The van der Waals surface area contributed by atoms with Crippen LogP contribution in [-0.2, 0) is 6.42 Å². The summed E-state index contributed by atoms with van der Waals surface area (Å²) in [5.41, 5.74) is 4.63. The maximum atomic E-state index is 12.9. The van der Waals surface area contributed by atoms with Crippen molar-refractivity contribution in [3.05, 3.63) is 66.0 Å². The molecule has 0 fully saturated rings. The van der Waals surface area contributed by atoms with Crippen molar-refractivity contribution in [2.45, 2.75) is 19.8 Å². The van der Waals surface area contributed by atoms with Crippen LogP contribution in [0.4, 0.5) is 8.78 Å². The molecule has 0 radical (unpaired) electrons. The Morgan fingerprint density at radius 2 is 1.86 bits per heavy atom. The lowest BCUT2D eigenvalue weighted by atomic mass is 10.2. The van der Waals surface area contributed by atoms with Gasteiger partial charge >= 0.3 is 0 Å². The molecule has 0 aliphatic carbocycles. The lowest BCUT2D eigenvalue weighted by Crippen LogP contribution is -2.23. The molecule has 29 heavy (non-hydrogen) atoms. The number of carbonyl (C=O) groups excluding carboxylic acids is 1. The Labute approximate surface area is 163 Å². The first-order chi connectivity index (χ1) is 14.0. The van der Waals surface area contributed by atoms with Crippen molar-refractivity contribution in [3.63, 3.8) is 0 Å². The van der Waals surface area contributed by atoms with Crippen LogP contribution in [0.25, 0.3) is 22.7 Å². The van der Waals surface area contributed by atoms with E-state index in [-0.39, 0.29) is 5.56 Å². The van der Waals surface area contributed by atoms with E-state index in [1.54, 1.807) is 37.5 Å². The van der Waals surface area contributed by atoms with Crippen LogP contribution >= 0.6 is 0 Å². The number of nitrogens with zero attached hydrogens (tertiary/aromatic N) is 6. The molecule has 146 valence electrons. The molecule has 0 unspecified atom stereocenters. The van der Waals surface area contributed by atoms with Gasteiger partial charge in [0.2, 0.25) is 6.43 Å². The summed E-state index contributed by atoms with van der Waals surface area (Å²) in [6, 6.07) is 5.04. The molecule has 4 aromatic heterocycles. The molecule has 4 heterocycles. The van der Waals surface area contributed by atoms with E-state index >= 15 is 0 Å². The van der Waals surface area contributed by atoms with Crippen LogP contribution in [0.2, 0.25) is 0 Å². The van der Waals surface area contributed by atoms with Crippen molar-refractivity contribution in [1.82, 2.24) is 29.6 Å². The summed E-state index contributed by atoms with van der Waals surface area (Å²) in [7, 11) is 0. The molecule has 1 N–H and O–H groups in total. The molecular formula is C19H15F2N7O. The maximum absolute atomic E-state index is 12.9. The Bertz CT molecular complexity index is 1180. The molecule has 0 bridgehead atoms. The molecule has 0 saturated heterocycles. The molecular weight excluding hydrogens is 380 g/mol. The zero-order valence-corrected chi connectivity index (χ0v) is 15.3. The Morgan fingerprint density at radius 1 is 1.10 bits per heavy atom. The number of amides is 1. The van der Waals surface area contributed by atoms with E-state index in [0.29, 0.717) is 33.9 Å². The third kappa shape index (κ3) is 3.77. The molecule has 8 nitrogen and oxygen atoms in total. The Kier molecular flexibility index (Phi) is 4.90. The molecule has 0 aliphatic rings. The molecule has 0 saturated carbocycles. The predicted molar refractivity (Wildman–Crippen MR) is 101 cm³/mol. The second-order valence-electron chi connectivity index (χ2n) is 6.20. The smallest absolute Gasteiger partial charge is 0.267 e. The molecule has 4 rings (SSSR count). The van der Waals surface area contributed by atoms with Gasteiger partial charge in [-0.1, -0.05) is 0 Å². The number of pyridine rings is 1. The summed E-state index contributed by atoms with van der Waals surface area (Å²) in [5, 5.41) is 0. The number of halogens is 2. The Balaban J connectivity index is 1.63. The summed E-state index contributed by atoms with van der Waals surface area (Å²) in [5.74, 6) is 0.170. The first-order valence-corrected chi connectivity index (χ1v) is 8.68. The first kappa shape index (κ1) is 18.5. The zero-order valence-electron chi connectivity index (χ0n) is 15.3. The van der Waals surface area contributed by atoms with Crippen LogP contribution in [0.15, 0.2) is 49.2 Å². The van der Waals surface area contributed by atoms with Crippen LogP contribution in [0, 0.1) is 6.92 Å². The highest BCUT2D eigenvalue weighted by molar-refractivity contribution is 6.01. The van der Waals surface area contributed by atoms with E-state index in [1.807, 2.05) is 0 Å². The molecule has 1 amide bonds. The minimum Gasteiger partial charge on any atom is -0.267 e. The number of rotatable bonds is 5. The highest BCUT2D eigenvalue weighted by Gasteiger charge is 2.18. The predicted octanol–water partition coefficient (Wildman–Crippen LogP) is 2.78. The van der Waals surface area contributed by atoms with Gasteiger partial charge in [0.25, 0.3) is 5.91 Å². The monoisotopic (exact) mass is 395 g/mol. The van der Waals surface area contributed by atoms with Gasteiger partial charge in [-0.25, -0.2) is 28.7 Å². The van der Waals surface area contributed by atoms with Gasteiger partial charge in [0.05, 0.1) is 22.3 Å². The van der Waals surface area contributed by atoms with Gasteiger partial charge in [-0.2, -0.15) is 0 Å². The van der Waals surface area contributed by atoms with Crippen molar-refractivity contribution in [1.29, 1.82) is 0 Å². The fourth-order valence-electron chi connectivity index (χ4n) is 2.92. The average Bonchev–Trinajstić information content (AvgIpc) is 3.05. The van der Waals surface area contributed by atoms with E-state index in [4.69, 9.17) is 0 Å². The second kappa shape index (κ2) is 7.66. The third-order valence-corrected chi connectivity index (χ3v) is 4.22. The van der Waals surface area contributed by atoms with Crippen LogP contribution in [0.5, 0.6) is 0 Å². The number of carbonyl (C=O) groups is 1. The fourth-order valence-corrected chi connectivity index (χ4v) is 2.92. The van der Waals surface area contributed by atoms with E-state index < -0.39 is 18.8 Å². The van der Waals surface area contributed by atoms with Gasteiger partial charge in [0.1, 0.15) is 0 Å². The summed E-state index contributed by atoms with van der Waals surface area (Å²) < 4.78 is 27.1. The fraction of sp³-hybridized carbons (Fsp3) is 0.158.